The fourth-order valence-corrected chi connectivity index (χ4v) is 13.3. The van der Waals surface area contributed by atoms with E-state index in [1.54, 1.807) is 0 Å². The van der Waals surface area contributed by atoms with Crippen LogP contribution in [-0.2, 0) is 0 Å². The van der Waals surface area contributed by atoms with Crippen LogP contribution < -0.4 is 0 Å². The summed E-state index contributed by atoms with van der Waals surface area (Å²) in [5.74, 6) is 6.46. The summed E-state index contributed by atoms with van der Waals surface area (Å²) in [6, 6.07) is 25.8. The minimum atomic E-state index is 0.409. The lowest BCUT2D eigenvalue weighted by Crippen LogP contribution is -2.78. The number of nitrogens with zero attached hydrogens (tertiary/aromatic N) is 5. The summed E-state index contributed by atoms with van der Waals surface area (Å²) in [5.41, 5.74) is 2.64. The quantitative estimate of drug-likeness (QED) is 0.291. The van der Waals surface area contributed by atoms with Crippen LogP contribution in [0.25, 0.3) is 22.8 Å². The lowest BCUT2D eigenvalue weighted by atomic mass is 9.51. The molecule has 7 aliphatic rings. The van der Waals surface area contributed by atoms with Gasteiger partial charge in [-0.1, -0.05) is 100 Å². The van der Waals surface area contributed by atoms with Crippen molar-refractivity contribution in [3.05, 3.63) is 66.5 Å². The van der Waals surface area contributed by atoms with Crippen LogP contribution in [0.3, 0.4) is 0 Å². The fourth-order valence-electron chi connectivity index (χ4n) is 13.3. The van der Waals surface area contributed by atoms with Crippen molar-refractivity contribution in [3.63, 3.8) is 0 Å². The summed E-state index contributed by atoms with van der Waals surface area (Å²) in [6.45, 7) is 5.42. The van der Waals surface area contributed by atoms with Crippen molar-refractivity contribution in [2.75, 3.05) is 0 Å². The summed E-state index contributed by atoms with van der Waals surface area (Å²) < 4.78 is 0. The Labute approximate surface area is 282 Å². The SMILES string of the molecule is CC1(C)C2CCCCC2N2C3CCCCC3N3C4CCC(c5nc(-c6ccccc6)nc(-c6ccccc6)n5)CC4C4CCC1C2C43. The molecule has 2 aromatic carbocycles. The standard InChI is InChI=1S/C42H53N5/c1-42(2)31-17-9-10-18-34(31)47-36-20-12-11-19-35(36)46-33-24-21-28(25-30(33)29-22-23-32(42)38(47)37(29)46)41-44-39(26-13-5-3-6-14-26)43-40(45-41)27-15-7-4-8-16-27/h3-8,13-16,28-38H,9-12,17-25H2,1-2H3. The van der Waals surface area contributed by atoms with E-state index < -0.39 is 0 Å². The molecule has 1 aromatic heterocycles. The van der Waals surface area contributed by atoms with Crippen molar-refractivity contribution >= 4 is 0 Å². The first-order chi connectivity index (χ1) is 23.1. The van der Waals surface area contributed by atoms with Gasteiger partial charge in [-0.15, -0.1) is 0 Å². The zero-order chi connectivity index (χ0) is 31.3. The first-order valence-corrected chi connectivity index (χ1v) is 19.5. The number of benzene rings is 2. The van der Waals surface area contributed by atoms with E-state index in [-0.39, 0.29) is 0 Å². The van der Waals surface area contributed by atoms with Crippen LogP contribution >= 0.6 is 0 Å². The van der Waals surface area contributed by atoms with Crippen LogP contribution in [0.15, 0.2) is 60.7 Å². The molecule has 11 atom stereocenters. The van der Waals surface area contributed by atoms with E-state index in [4.69, 9.17) is 15.0 Å². The maximum atomic E-state index is 5.27. The van der Waals surface area contributed by atoms with Gasteiger partial charge in [0.2, 0.25) is 0 Å². The molecule has 7 fully saturated rings. The molecule has 0 radical (unpaired) electrons. The van der Waals surface area contributed by atoms with Gasteiger partial charge in [-0.25, -0.2) is 15.0 Å². The Morgan fingerprint density at radius 3 is 1.79 bits per heavy atom. The van der Waals surface area contributed by atoms with Gasteiger partial charge in [0.25, 0.3) is 0 Å². The molecule has 11 unspecified atom stereocenters. The van der Waals surface area contributed by atoms with Crippen molar-refractivity contribution in [2.45, 2.75) is 139 Å². The highest BCUT2D eigenvalue weighted by Gasteiger charge is 2.68. The predicted molar refractivity (Wildman–Crippen MR) is 188 cm³/mol. The van der Waals surface area contributed by atoms with Gasteiger partial charge in [-0.3, -0.25) is 9.80 Å². The monoisotopic (exact) mass is 627 g/mol. The Balaban J connectivity index is 1.02. The third-order valence-corrected chi connectivity index (χ3v) is 15.1. The number of fused-ring (bicyclic) bond motifs is 8. The van der Waals surface area contributed by atoms with Gasteiger partial charge in [0.1, 0.15) is 5.82 Å². The Kier molecular flexibility index (Phi) is 6.98. The number of hydrogen-bond acceptors (Lipinski definition) is 5. The number of rotatable bonds is 3. The highest BCUT2D eigenvalue weighted by molar-refractivity contribution is 5.60. The normalized spacial score (nSPS) is 40.5. The Morgan fingerprint density at radius 1 is 0.532 bits per heavy atom. The Morgan fingerprint density at radius 2 is 1.13 bits per heavy atom. The van der Waals surface area contributed by atoms with Crippen LogP contribution in [0.4, 0.5) is 0 Å². The Bertz CT molecular complexity index is 1550. The summed E-state index contributed by atoms with van der Waals surface area (Å²) >= 11 is 0. The van der Waals surface area contributed by atoms with Crippen molar-refractivity contribution in [1.29, 1.82) is 0 Å². The van der Waals surface area contributed by atoms with Crippen molar-refractivity contribution in [1.82, 2.24) is 24.8 Å². The minimum absolute atomic E-state index is 0.409. The number of piperazine rings is 1. The van der Waals surface area contributed by atoms with E-state index in [9.17, 15) is 0 Å². The molecule has 0 bridgehead atoms. The number of aromatic nitrogens is 3. The molecule has 0 N–H and O–H groups in total. The first-order valence-electron chi connectivity index (χ1n) is 19.5. The molecule has 5 heteroatoms. The molecular weight excluding hydrogens is 574 g/mol. The van der Waals surface area contributed by atoms with Crippen molar-refractivity contribution < 1.29 is 0 Å². The van der Waals surface area contributed by atoms with Gasteiger partial charge < -0.3 is 0 Å². The molecule has 4 saturated carbocycles. The van der Waals surface area contributed by atoms with Gasteiger partial charge in [0.05, 0.1) is 0 Å². The molecule has 3 saturated heterocycles. The molecule has 0 amide bonds. The summed E-state index contributed by atoms with van der Waals surface area (Å²) in [6.07, 6.45) is 18.2. The van der Waals surface area contributed by atoms with Crippen LogP contribution in [0.5, 0.6) is 0 Å². The zero-order valence-electron chi connectivity index (χ0n) is 28.6. The largest absolute Gasteiger partial charge is 0.291 e. The Hall–Kier alpha value is -2.63. The zero-order valence-corrected chi connectivity index (χ0v) is 28.6. The molecule has 246 valence electrons. The van der Waals surface area contributed by atoms with Gasteiger partial charge in [0.15, 0.2) is 11.6 Å². The lowest BCUT2D eigenvalue weighted by Gasteiger charge is -2.70. The van der Waals surface area contributed by atoms with E-state index in [1.165, 1.54) is 83.5 Å². The fraction of sp³-hybridized carbons (Fsp3) is 0.643. The number of hydrogen-bond donors (Lipinski definition) is 0. The smallest absolute Gasteiger partial charge is 0.163 e. The molecule has 4 heterocycles. The topological polar surface area (TPSA) is 45.2 Å². The molecule has 0 spiro atoms. The molecule has 5 nitrogen and oxygen atoms in total. The minimum Gasteiger partial charge on any atom is -0.291 e. The van der Waals surface area contributed by atoms with Gasteiger partial charge >= 0.3 is 0 Å². The third-order valence-electron chi connectivity index (χ3n) is 15.1. The highest BCUT2D eigenvalue weighted by atomic mass is 15.4. The van der Waals surface area contributed by atoms with E-state index in [0.717, 1.165) is 88.5 Å². The second-order valence-corrected chi connectivity index (χ2v) is 17.2. The summed E-state index contributed by atoms with van der Waals surface area (Å²) in [5, 5.41) is 0. The molecule has 3 aliphatic heterocycles. The maximum absolute atomic E-state index is 5.27. The third kappa shape index (κ3) is 4.43. The number of piperidine rings is 1. The van der Waals surface area contributed by atoms with Gasteiger partial charge in [-0.2, -0.15) is 0 Å². The molecule has 47 heavy (non-hydrogen) atoms. The van der Waals surface area contributed by atoms with Gasteiger partial charge in [-0.05, 0) is 86.9 Å². The maximum Gasteiger partial charge on any atom is 0.163 e. The van der Waals surface area contributed by atoms with E-state index >= 15 is 0 Å². The second-order valence-electron chi connectivity index (χ2n) is 17.2. The molecular formula is C42H53N5. The van der Waals surface area contributed by atoms with Gasteiger partial charge in [0, 0.05) is 53.3 Å². The second kappa shape index (κ2) is 11.2. The average molecular weight is 628 g/mol. The molecule has 3 aromatic rings. The van der Waals surface area contributed by atoms with Crippen LogP contribution in [0.2, 0.25) is 0 Å². The first kappa shape index (κ1) is 29.3. The predicted octanol–water partition coefficient (Wildman–Crippen LogP) is 8.76. The molecule has 4 aliphatic carbocycles. The van der Waals surface area contributed by atoms with Crippen molar-refractivity contribution in [2.24, 2.45) is 29.1 Å². The van der Waals surface area contributed by atoms with E-state index in [1.807, 2.05) is 0 Å². The summed E-state index contributed by atoms with van der Waals surface area (Å²) in [4.78, 5) is 22.1. The summed E-state index contributed by atoms with van der Waals surface area (Å²) in [7, 11) is 0. The lowest BCUT2D eigenvalue weighted by molar-refractivity contribution is -0.209. The van der Waals surface area contributed by atoms with Crippen molar-refractivity contribution in [3.8, 4) is 22.8 Å². The van der Waals surface area contributed by atoms with Crippen LogP contribution in [0, 0.1) is 29.1 Å². The van der Waals surface area contributed by atoms with E-state index in [2.05, 4.69) is 84.3 Å². The van der Waals surface area contributed by atoms with E-state index in [0.29, 0.717) is 11.3 Å². The van der Waals surface area contributed by atoms with Crippen LogP contribution in [-0.4, -0.2) is 61.0 Å². The molecule has 10 rings (SSSR count). The van der Waals surface area contributed by atoms with Crippen LogP contribution in [0.1, 0.15) is 109 Å². The average Bonchev–Trinajstić information content (AvgIpc) is 3.47. The highest BCUT2D eigenvalue weighted by Crippen LogP contribution is 2.64.